The summed E-state index contributed by atoms with van der Waals surface area (Å²) < 4.78 is 0. The SMILES string of the molecule is CC(C)(CS)NC(=O)C(N)CS. The highest BCUT2D eigenvalue weighted by Crippen LogP contribution is 2.04. The minimum atomic E-state index is -0.535. The van der Waals surface area contributed by atoms with Crippen LogP contribution in [0.1, 0.15) is 13.8 Å². The Morgan fingerprint density at radius 2 is 2.08 bits per heavy atom. The van der Waals surface area contributed by atoms with E-state index in [0.717, 1.165) is 0 Å². The van der Waals surface area contributed by atoms with Crippen molar-refractivity contribution in [2.24, 2.45) is 5.73 Å². The van der Waals surface area contributed by atoms with Gasteiger partial charge in [0.1, 0.15) is 0 Å². The molecule has 12 heavy (non-hydrogen) atoms. The highest BCUT2D eigenvalue weighted by atomic mass is 32.1. The molecule has 0 fully saturated rings. The summed E-state index contributed by atoms with van der Waals surface area (Å²) in [7, 11) is 0. The molecule has 3 N–H and O–H groups in total. The Balaban J connectivity index is 4.00. The molecule has 0 aromatic carbocycles. The van der Waals surface area contributed by atoms with E-state index < -0.39 is 6.04 Å². The number of hydrogen-bond acceptors (Lipinski definition) is 4. The van der Waals surface area contributed by atoms with Gasteiger partial charge in [-0.1, -0.05) is 0 Å². The van der Waals surface area contributed by atoms with Gasteiger partial charge in [-0.15, -0.1) is 0 Å². The quantitative estimate of drug-likeness (QED) is 0.494. The molecule has 3 nitrogen and oxygen atoms in total. The molecule has 0 aliphatic rings. The van der Waals surface area contributed by atoms with Gasteiger partial charge in [0.25, 0.3) is 0 Å². The number of carbonyl (C=O) groups is 1. The van der Waals surface area contributed by atoms with Crippen molar-refractivity contribution in [1.82, 2.24) is 5.32 Å². The predicted octanol–water partition coefficient (Wildman–Crippen LogP) is 0.0681. The molecule has 0 heterocycles. The number of nitrogens with one attached hydrogen (secondary N) is 1. The molecule has 1 amide bonds. The molecule has 0 bridgehead atoms. The van der Waals surface area contributed by atoms with Crippen LogP contribution in [0.5, 0.6) is 0 Å². The van der Waals surface area contributed by atoms with Gasteiger partial charge in [-0.25, -0.2) is 0 Å². The Morgan fingerprint density at radius 1 is 1.58 bits per heavy atom. The van der Waals surface area contributed by atoms with Crippen molar-refractivity contribution < 1.29 is 4.79 Å². The number of thiol groups is 2. The Bertz CT molecular complexity index is 161. The van der Waals surface area contributed by atoms with Crippen molar-refractivity contribution in [1.29, 1.82) is 0 Å². The summed E-state index contributed by atoms with van der Waals surface area (Å²) in [6, 6.07) is -0.535. The zero-order valence-corrected chi connectivity index (χ0v) is 9.16. The summed E-state index contributed by atoms with van der Waals surface area (Å²) in [6.45, 7) is 3.78. The van der Waals surface area contributed by atoms with Crippen molar-refractivity contribution in [3.63, 3.8) is 0 Å². The topological polar surface area (TPSA) is 55.1 Å². The molecule has 0 saturated carbocycles. The van der Waals surface area contributed by atoms with Crippen LogP contribution in [0.2, 0.25) is 0 Å². The summed E-state index contributed by atoms with van der Waals surface area (Å²) in [5.41, 5.74) is 5.16. The molecule has 0 rings (SSSR count). The van der Waals surface area contributed by atoms with Gasteiger partial charge in [0.15, 0.2) is 0 Å². The van der Waals surface area contributed by atoms with Crippen LogP contribution >= 0.6 is 25.3 Å². The van der Waals surface area contributed by atoms with Crippen LogP contribution < -0.4 is 11.1 Å². The lowest BCUT2D eigenvalue weighted by Gasteiger charge is -2.25. The van der Waals surface area contributed by atoms with Gasteiger partial charge in [-0.05, 0) is 13.8 Å². The molecule has 0 aliphatic carbocycles. The summed E-state index contributed by atoms with van der Waals surface area (Å²) in [4.78, 5) is 11.2. The molecule has 0 aliphatic heterocycles. The Kier molecular flexibility index (Phi) is 5.04. The average molecular weight is 208 g/mol. The van der Waals surface area contributed by atoms with Crippen LogP contribution in [0.25, 0.3) is 0 Å². The van der Waals surface area contributed by atoms with E-state index in [1.807, 2.05) is 13.8 Å². The average Bonchev–Trinajstić information content (AvgIpc) is 2.02. The van der Waals surface area contributed by atoms with Gasteiger partial charge in [-0.3, -0.25) is 4.79 Å². The van der Waals surface area contributed by atoms with Crippen molar-refractivity contribution in [3.8, 4) is 0 Å². The van der Waals surface area contributed by atoms with E-state index in [1.165, 1.54) is 0 Å². The number of rotatable bonds is 4. The van der Waals surface area contributed by atoms with Gasteiger partial charge < -0.3 is 11.1 Å². The largest absolute Gasteiger partial charge is 0.349 e. The lowest BCUT2D eigenvalue weighted by Crippen LogP contribution is -2.52. The van der Waals surface area contributed by atoms with Gasteiger partial charge in [0.05, 0.1) is 6.04 Å². The fourth-order valence-electron chi connectivity index (χ4n) is 0.549. The van der Waals surface area contributed by atoms with Crippen LogP contribution in [0, 0.1) is 0 Å². The molecule has 72 valence electrons. The molecule has 0 saturated heterocycles. The standard InChI is InChI=1S/C7H16N2OS2/c1-7(2,4-12)9-6(10)5(8)3-11/h5,11-12H,3-4,8H2,1-2H3,(H,9,10). The second-order valence-corrected chi connectivity index (χ2v) is 4.00. The van der Waals surface area contributed by atoms with E-state index in [-0.39, 0.29) is 11.4 Å². The van der Waals surface area contributed by atoms with E-state index >= 15 is 0 Å². The zero-order chi connectivity index (χ0) is 9.78. The highest BCUT2D eigenvalue weighted by molar-refractivity contribution is 7.80. The molecule has 5 heteroatoms. The van der Waals surface area contributed by atoms with E-state index in [4.69, 9.17) is 5.73 Å². The van der Waals surface area contributed by atoms with Crippen LogP contribution in [-0.4, -0.2) is 29.0 Å². The molecular weight excluding hydrogens is 192 g/mol. The lowest BCUT2D eigenvalue weighted by molar-refractivity contribution is -0.123. The molecule has 0 aromatic rings. The third-order valence-corrected chi connectivity index (χ3v) is 2.57. The lowest BCUT2D eigenvalue weighted by atomic mass is 10.1. The van der Waals surface area contributed by atoms with Crippen molar-refractivity contribution in [2.75, 3.05) is 11.5 Å². The monoisotopic (exact) mass is 208 g/mol. The molecule has 0 spiro atoms. The van der Waals surface area contributed by atoms with Gasteiger partial charge in [0.2, 0.25) is 5.91 Å². The van der Waals surface area contributed by atoms with Gasteiger partial charge in [0, 0.05) is 17.0 Å². The van der Waals surface area contributed by atoms with Crippen LogP contribution in [-0.2, 0) is 4.79 Å². The Morgan fingerprint density at radius 3 is 2.42 bits per heavy atom. The fourth-order valence-corrected chi connectivity index (χ4v) is 0.794. The minimum Gasteiger partial charge on any atom is -0.349 e. The maximum atomic E-state index is 11.2. The molecule has 1 unspecified atom stereocenters. The third-order valence-electron chi connectivity index (χ3n) is 1.39. The van der Waals surface area contributed by atoms with E-state index in [9.17, 15) is 4.79 Å². The maximum Gasteiger partial charge on any atom is 0.238 e. The molecule has 1 atom stereocenters. The fraction of sp³-hybridized carbons (Fsp3) is 0.857. The first kappa shape index (κ1) is 12.1. The second kappa shape index (κ2) is 4.99. The van der Waals surface area contributed by atoms with Crippen molar-refractivity contribution >= 4 is 31.2 Å². The normalized spacial score (nSPS) is 14.1. The summed E-state index contributed by atoms with van der Waals surface area (Å²) in [6.07, 6.45) is 0. The smallest absolute Gasteiger partial charge is 0.238 e. The zero-order valence-electron chi connectivity index (χ0n) is 7.37. The molecule has 0 radical (unpaired) electrons. The van der Waals surface area contributed by atoms with E-state index in [2.05, 4.69) is 30.6 Å². The number of hydrogen-bond donors (Lipinski definition) is 4. The van der Waals surface area contributed by atoms with Crippen LogP contribution in [0.15, 0.2) is 0 Å². The maximum absolute atomic E-state index is 11.2. The first-order valence-corrected chi connectivity index (χ1v) is 4.99. The first-order chi connectivity index (χ1) is 5.43. The number of nitrogens with two attached hydrogens (primary N) is 1. The van der Waals surface area contributed by atoms with Gasteiger partial charge >= 0.3 is 0 Å². The molecule has 0 aromatic heterocycles. The van der Waals surface area contributed by atoms with E-state index in [1.54, 1.807) is 0 Å². The van der Waals surface area contributed by atoms with Gasteiger partial charge in [-0.2, -0.15) is 25.3 Å². The van der Waals surface area contributed by atoms with Crippen LogP contribution in [0.4, 0.5) is 0 Å². The Labute approximate surface area is 84.3 Å². The number of carbonyl (C=O) groups excluding carboxylic acids is 1. The summed E-state index contributed by atoms with van der Waals surface area (Å²) >= 11 is 8.03. The molecular formula is C7H16N2OS2. The summed E-state index contributed by atoms with van der Waals surface area (Å²) in [5.74, 6) is 0.760. The van der Waals surface area contributed by atoms with E-state index in [0.29, 0.717) is 11.5 Å². The van der Waals surface area contributed by atoms with Crippen molar-refractivity contribution in [2.45, 2.75) is 25.4 Å². The Hall–Kier alpha value is 0.130. The minimum absolute atomic E-state index is 0.177. The number of amides is 1. The van der Waals surface area contributed by atoms with Crippen molar-refractivity contribution in [3.05, 3.63) is 0 Å². The first-order valence-electron chi connectivity index (χ1n) is 3.72. The third kappa shape index (κ3) is 4.23. The highest BCUT2D eigenvalue weighted by Gasteiger charge is 2.21. The predicted molar refractivity (Wildman–Crippen MR) is 57.9 cm³/mol. The summed E-state index contributed by atoms with van der Waals surface area (Å²) in [5, 5.41) is 2.77. The van der Waals surface area contributed by atoms with Crippen LogP contribution in [0.3, 0.4) is 0 Å². The second-order valence-electron chi connectivity index (χ2n) is 3.32.